The van der Waals surface area contributed by atoms with Crippen LogP contribution in [0.2, 0.25) is 0 Å². The van der Waals surface area contributed by atoms with Gasteiger partial charge in [0, 0.05) is 0 Å². The third-order valence-electron chi connectivity index (χ3n) is 3.64. The Balaban J connectivity index is 1.95. The lowest BCUT2D eigenvalue weighted by atomic mass is 9.93. The molecule has 1 fully saturated rings. The molecular weight excluding hydrogens is 316 g/mol. The van der Waals surface area contributed by atoms with E-state index < -0.39 is 33.1 Å². The van der Waals surface area contributed by atoms with Gasteiger partial charge in [0.05, 0.1) is 17.9 Å². The van der Waals surface area contributed by atoms with Gasteiger partial charge in [-0.2, -0.15) is 13.5 Å². The first-order valence-electron chi connectivity index (χ1n) is 6.63. The molecule has 1 aromatic heterocycles. The Morgan fingerprint density at radius 1 is 1.27 bits per heavy atom. The lowest BCUT2D eigenvalue weighted by Crippen LogP contribution is -2.25. The molecule has 0 unspecified atom stereocenters. The fraction of sp³-hybridized carbons (Fsp3) is 0.308. The second kappa shape index (κ2) is 5.24. The summed E-state index contributed by atoms with van der Waals surface area (Å²) in [7, 11) is -4.10. The fourth-order valence-corrected chi connectivity index (χ4v) is 3.47. The van der Waals surface area contributed by atoms with Crippen molar-refractivity contribution in [2.45, 2.75) is 30.3 Å². The van der Waals surface area contributed by atoms with Crippen molar-refractivity contribution in [1.82, 2.24) is 9.78 Å². The maximum atomic E-state index is 13.7. The van der Waals surface area contributed by atoms with Crippen molar-refractivity contribution in [3.8, 4) is 5.75 Å². The molecule has 6 nitrogen and oxygen atoms in total. The molecule has 1 heterocycles. The van der Waals surface area contributed by atoms with Crippen molar-refractivity contribution in [2.24, 2.45) is 0 Å². The Bertz CT molecular complexity index is 816. The van der Waals surface area contributed by atoms with Gasteiger partial charge in [-0.25, -0.2) is 13.5 Å². The van der Waals surface area contributed by atoms with Crippen LogP contribution in [0.4, 0.5) is 14.5 Å². The molecule has 0 spiro atoms. The summed E-state index contributed by atoms with van der Waals surface area (Å²) in [5.41, 5.74) is -0.528. The maximum Gasteiger partial charge on any atom is 0.279 e. The van der Waals surface area contributed by atoms with Gasteiger partial charge < -0.3 is 5.11 Å². The number of anilines is 1. The van der Waals surface area contributed by atoms with Gasteiger partial charge in [0.25, 0.3) is 10.0 Å². The minimum Gasteiger partial charge on any atom is -0.503 e. The highest BCUT2D eigenvalue weighted by Gasteiger charge is 2.28. The van der Waals surface area contributed by atoms with E-state index >= 15 is 0 Å². The highest BCUT2D eigenvalue weighted by molar-refractivity contribution is 7.92. The van der Waals surface area contributed by atoms with Crippen molar-refractivity contribution in [3.63, 3.8) is 0 Å². The van der Waals surface area contributed by atoms with E-state index in [1.807, 2.05) is 4.72 Å². The average molecular weight is 329 g/mol. The van der Waals surface area contributed by atoms with Crippen LogP contribution in [-0.4, -0.2) is 23.3 Å². The van der Waals surface area contributed by atoms with Gasteiger partial charge in [-0.05, 0) is 37.5 Å². The van der Waals surface area contributed by atoms with Gasteiger partial charge in [0.2, 0.25) is 0 Å². The molecule has 1 aliphatic rings. The number of benzene rings is 1. The van der Waals surface area contributed by atoms with Gasteiger partial charge in [0.1, 0.15) is 0 Å². The molecule has 0 radical (unpaired) electrons. The van der Waals surface area contributed by atoms with Crippen LogP contribution in [-0.2, 0) is 10.0 Å². The van der Waals surface area contributed by atoms with E-state index in [2.05, 4.69) is 5.10 Å². The molecule has 118 valence electrons. The summed E-state index contributed by atoms with van der Waals surface area (Å²) in [6, 6.07) is 3.00. The topological polar surface area (TPSA) is 84.2 Å². The molecule has 2 aromatic rings. The zero-order valence-corrected chi connectivity index (χ0v) is 12.1. The van der Waals surface area contributed by atoms with Crippen LogP contribution in [0.25, 0.3) is 0 Å². The first-order valence-corrected chi connectivity index (χ1v) is 8.12. The predicted octanol–water partition coefficient (Wildman–Crippen LogP) is 2.39. The molecule has 2 N–H and O–H groups in total. The van der Waals surface area contributed by atoms with Crippen LogP contribution in [0.1, 0.15) is 25.3 Å². The molecular formula is C13H13F2N3O3S. The number of aromatic nitrogens is 2. The quantitative estimate of drug-likeness (QED) is 0.902. The maximum absolute atomic E-state index is 13.7. The minimum absolute atomic E-state index is 0.00745. The normalized spacial score (nSPS) is 15.5. The summed E-state index contributed by atoms with van der Waals surface area (Å²) in [4.78, 5) is 0. The number of phenolic OH excluding ortho intramolecular Hbond substituents is 1. The van der Waals surface area contributed by atoms with E-state index in [9.17, 15) is 22.3 Å². The summed E-state index contributed by atoms with van der Waals surface area (Å²) in [6.45, 7) is 0. The van der Waals surface area contributed by atoms with E-state index in [1.54, 1.807) is 0 Å². The Labute approximate surface area is 125 Å². The Morgan fingerprint density at radius 3 is 2.64 bits per heavy atom. The summed E-state index contributed by atoms with van der Waals surface area (Å²) in [5.74, 6) is -3.76. The van der Waals surface area contributed by atoms with Gasteiger partial charge in [-0.1, -0.05) is 0 Å². The minimum atomic E-state index is -4.10. The number of phenols is 1. The van der Waals surface area contributed by atoms with Crippen molar-refractivity contribution < 1.29 is 22.3 Å². The van der Waals surface area contributed by atoms with Crippen LogP contribution in [0.3, 0.4) is 0 Å². The number of aromatic hydroxyl groups is 1. The molecule has 0 bridgehead atoms. The molecule has 0 saturated heterocycles. The summed E-state index contributed by atoms with van der Waals surface area (Å²) < 4.78 is 54.9. The molecule has 0 atom stereocenters. The standard InChI is InChI=1S/C13H13F2N3O3S/c14-9-4-5-10(12(15)13(9)19)17-22(20,21)11-6-7-16-18(11)8-2-1-3-8/h4-8,17,19H,1-3H2. The van der Waals surface area contributed by atoms with E-state index in [1.165, 1.54) is 16.9 Å². The van der Waals surface area contributed by atoms with E-state index in [0.717, 1.165) is 31.4 Å². The zero-order chi connectivity index (χ0) is 15.9. The number of nitrogens with one attached hydrogen (secondary N) is 1. The smallest absolute Gasteiger partial charge is 0.279 e. The number of nitrogens with zero attached hydrogens (tertiary/aromatic N) is 2. The average Bonchev–Trinajstić information content (AvgIpc) is 2.87. The number of hydrogen-bond acceptors (Lipinski definition) is 4. The SMILES string of the molecule is O=S(=O)(Nc1ccc(F)c(O)c1F)c1ccnn1C1CCC1. The van der Waals surface area contributed by atoms with Crippen molar-refractivity contribution in [1.29, 1.82) is 0 Å². The first-order chi connectivity index (χ1) is 10.4. The lowest BCUT2D eigenvalue weighted by molar-refractivity contribution is 0.271. The largest absolute Gasteiger partial charge is 0.503 e. The summed E-state index contributed by atoms with van der Waals surface area (Å²) in [5, 5.41) is 13.1. The molecule has 1 aromatic carbocycles. The molecule has 9 heteroatoms. The number of sulfonamides is 1. The highest BCUT2D eigenvalue weighted by atomic mass is 32.2. The third kappa shape index (κ3) is 2.41. The van der Waals surface area contributed by atoms with Crippen LogP contribution >= 0.6 is 0 Å². The second-order valence-corrected chi connectivity index (χ2v) is 6.69. The van der Waals surface area contributed by atoms with Gasteiger partial charge >= 0.3 is 0 Å². The lowest BCUT2D eigenvalue weighted by Gasteiger charge is -2.27. The Morgan fingerprint density at radius 2 is 2.00 bits per heavy atom. The van der Waals surface area contributed by atoms with Crippen molar-refractivity contribution >= 4 is 15.7 Å². The fourth-order valence-electron chi connectivity index (χ4n) is 2.24. The monoisotopic (exact) mass is 329 g/mol. The van der Waals surface area contributed by atoms with Crippen LogP contribution in [0.5, 0.6) is 5.75 Å². The third-order valence-corrected chi connectivity index (χ3v) is 5.00. The van der Waals surface area contributed by atoms with Crippen molar-refractivity contribution in [2.75, 3.05) is 4.72 Å². The molecule has 3 rings (SSSR count). The van der Waals surface area contributed by atoms with E-state index in [4.69, 9.17) is 0 Å². The molecule has 22 heavy (non-hydrogen) atoms. The van der Waals surface area contributed by atoms with Crippen LogP contribution in [0, 0.1) is 11.6 Å². The second-order valence-electron chi connectivity index (χ2n) is 5.06. The van der Waals surface area contributed by atoms with E-state index in [-0.39, 0.29) is 11.1 Å². The zero-order valence-electron chi connectivity index (χ0n) is 11.3. The van der Waals surface area contributed by atoms with Gasteiger partial charge in [-0.15, -0.1) is 0 Å². The number of halogens is 2. The predicted molar refractivity (Wildman–Crippen MR) is 73.9 cm³/mol. The van der Waals surface area contributed by atoms with Crippen molar-refractivity contribution in [3.05, 3.63) is 36.0 Å². The van der Waals surface area contributed by atoms with E-state index in [0.29, 0.717) is 0 Å². The molecule has 1 aliphatic carbocycles. The first kappa shape index (κ1) is 14.8. The number of hydrogen-bond donors (Lipinski definition) is 2. The summed E-state index contributed by atoms with van der Waals surface area (Å²) in [6.07, 6.45) is 4.01. The van der Waals surface area contributed by atoms with Crippen LogP contribution < -0.4 is 4.72 Å². The van der Waals surface area contributed by atoms with Crippen LogP contribution in [0.15, 0.2) is 29.4 Å². The van der Waals surface area contributed by atoms with Gasteiger partial charge in [-0.3, -0.25) is 4.72 Å². The Hall–Kier alpha value is -2.16. The highest BCUT2D eigenvalue weighted by Crippen LogP contribution is 2.34. The summed E-state index contributed by atoms with van der Waals surface area (Å²) >= 11 is 0. The number of rotatable bonds is 4. The Kier molecular flexibility index (Phi) is 3.51. The molecule has 0 aliphatic heterocycles. The van der Waals surface area contributed by atoms with Gasteiger partial charge in [0.15, 0.2) is 22.4 Å². The molecule has 1 saturated carbocycles. The molecule has 0 amide bonds.